The summed E-state index contributed by atoms with van der Waals surface area (Å²) in [6.45, 7) is 12.7. The molecule has 7 rings (SSSR count). The van der Waals surface area contributed by atoms with E-state index >= 15 is 0 Å². The highest BCUT2D eigenvalue weighted by atomic mass is 16.2. The zero-order valence-corrected chi connectivity index (χ0v) is 22.7. The quantitative estimate of drug-likeness (QED) is 0.0700. The second-order valence-corrected chi connectivity index (χ2v) is 9.39. The number of nitrogens with one attached hydrogen (secondary N) is 2. The number of amides is 4. The highest BCUT2D eigenvalue weighted by molar-refractivity contribution is 6.41. The average Bonchev–Trinajstić information content (AvgIpc) is 3.02. The largest absolute Gasteiger partial charge is 0.318 e. The van der Waals surface area contributed by atoms with Crippen molar-refractivity contribution in [3.63, 3.8) is 0 Å². The highest BCUT2D eigenvalue weighted by Crippen LogP contribution is 2.46. The van der Waals surface area contributed by atoms with Crippen molar-refractivity contribution in [3.8, 4) is 0 Å². The van der Waals surface area contributed by atoms with Crippen molar-refractivity contribution in [3.05, 3.63) is 97.1 Å². The number of benzene rings is 5. The first kappa shape index (κ1) is 30.0. The van der Waals surface area contributed by atoms with E-state index in [2.05, 4.69) is 36.9 Å². The first-order valence-electron chi connectivity index (χ1n) is 12.9. The molecule has 0 saturated heterocycles. The van der Waals surface area contributed by atoms with Crippen LogP contribution in [0, 0.1) is 0 Å². The Bertz CT molecular complexity index is 1790. The Morgan fingerprint density at radius 2 is 0.952 bits per heavy atom. The van der Waals surface area contributed by atoms with Crippen molar-refractivity contribution in [2.24, 2.45) is 5.73 Å². The molecule has 9 heteroatoms. The molecule has 2 aliphatic heterocycles. The minimum Gasteiger partial charge on any atom is -0.318 e. The molecule has 2 heterocycles. The standard InChI is InChI=1S/C28H21N5O4.2C2H4.CH4/c1-32-25(34)17-6-2-13-15-4-8-19-24-20(28(37)33(27(19)36)12-31-11-30-10-29)9-5-16(22(15)24)14-3-7-18(26(32)35)23(17)21(13)14;2*1-2;/h2-9,30-31H,10-12,29H2,1H3;2*1-2H2;1H4. The van der Waals surface area contributed by atoms with Crippen molar-refractivity contribution >= 4 is 66.7 Å². The van der Waals surface area contributed by atoms with Gasteiger partial charge in [-0.15, -0.1) is 26.3 Å². The average molecular weight is 564 g/mol. The van der Waals surface area contributed by atoms with Gasteiger partial charge in [-0.3, -0.25) is 39.6 Å². The molecule has 5 aromatic rings. The molecule has 0 spiro atoms. The summed E-state index contributed by atoms with van der Waals surface area (Å²) in [4.78, 5) is 55.1. The first-order chi connectivity index (χ1) is 19.9. The molecule has 4 amide bonds. The molecular weight excluding hydrogens is 530 g/mol. The van der Waals surface area contributed by atoms with Crippen molar-refractivity contribution in [2.45, 2.75) is 7.43 Å². The van der Waals surface area contributed by atoms with Crippen molar-refractivity contribution in [1.29, 1.82) is 0 Å². The Balaban J connectivity index is 0.000000778. The predicted molar refractivity (Wildman–Crippen MR) is 169 cm³/mol. The van der Waals surface area contributed by atoms with Crippen LogP contribution in [0.1, 0.15) is 48.9 Å². The molecule has 0 aromatic heterocycles. The fourth-order valence-electron chi connectivity index (χ4n) is 5.91. The van der Waals surface area contributed by atoms with E-state index in [1.807, 2.05) is 24.3 Å². The Kier molecular flexibility index (Phi) is 8.21. The lowest BCUT2D eigenvalue weighted by molar-refractivity contribution is 0.0593. The summed E-state index contributed by atoms with van der Waals surface area (Å²) >= 11 is 0. The Morgan fingerprint density at radius 3 is 1.31 bits per heavy atom. The molecule has 0 bridgehead atoms. The third-order valence-electron chi connectivity index (χ3n) is 7.59. The van der Waals surface area contributed by atoms with Gasteiger partial charge in [0.05, 0.1) is 6.67 Å². The van der Waals surface area contributed by atoms with Crippen LogP contribution in [0.5, 0.6) is 0 Å². The normalized spacial score (nSPS) is 13.8. The summed E-state index contributed by atoms with van der Waals surface area (Å²) in [5, 5.41) is 12.3. The van der Waals surface area contributed by atoms with E-state index in [1.54, 1.807) is 24.3 Å². The number of imide groups is 2. The van der Waals surface area contributed by atoms with Crippen molar-refractivity contribution in [1.82, 2.24) is 20.4 Å². The Morgan fingerprint density at radius 1 is 0.595 bits per heavy atom. The van der Waals surface area contributed by atoms with Crippen LogP contribution in [0.25, 0.3) is 43.1 Å². The number of fused-ring (bicyclic) bond motifs is 2. The maximum absolute atomic E-state index is 13.4. The minimum absolute atomic E-state index is 0. The van der Waals surface area contributed by atoms with Crippen LogP contribution in [0.15, 0.2) is 74.8 Å². The summed E-state index contributed by atoms with van der Waals surface area (Å²) in [6, 6.07) is 14.6. The fraction of sp³-hybridized carbons (Fsp3) is 0.152. The maximum Gasteiger partial charge on any atom is 0.262 e. The van der Waals surface area contributed by atoms with Crippen LogP contribution < -0.4 is 16.4 Å². The summed E-state index contributed by atoms with van der Waals surface area (Å²) in [7, 11) is 1.49. The minimum atomic E-state index is -0.364. The Hall–Kier alpha value is -4.96. The first-order valence-corrected chi connectivity index (χ1v) is 12.9. The van der Waals surface area contributed by atoms with Crippen LogP contribution in [0.3, 0.4) is 0 Å². The monoisotopic (exact) mass is 563 g/mol. The van der Waals surface area contributed by atoms with Gasteiger partial charge in [0.25, 0.3) is 23.6 Å². The van der Waals surface area contributed by atoms with E-state index in [1.165, 1.54) is 11.9 Å². The molecule has 0 fully saturated rings. The van der Waals surface area contributed by atoms with Gasteiger partial charge in [0, 0.05) is 53.4 Å². The van der Waals surface area contributed by atoms with Gasteiger partial charge in [-0.25, -0.2) is 0 Å². The summed E-state index contributed by atoms with van der Waals surface area (Å²) in [5.41, 5.74) is 7.34. The van der Waals surface area contributed by atoms with E-state index in [4.69, 9.17) is 5.73 Å². The summed E-state index contributed by atoms with van der Waals surface area (Å²) in [6.07, 6.45) is 0. The second-order valence-electron chi connectivity index (χ2n) is 9.39. The van der Waals surface area contributed by atoms with E-state index in [-0.39, 0.29) is 44.4 Å². The predicted octanol–water partition coefficient (Wildman–Crippen LogP) is 4.81. The fourth-order valence-corrected chi connectivity index (χ4v) is 5.91. The molecule has 0 saturated carbocycles. The maximum atomic E-state index is 13.4. The number of hydrogen-bond donors (Lipinski definition) is 3. The topological polar surface area (TPSA) is 125 Å². The number of nitrogens with two attached hydrogens (primary N) is 1. The molecule has 0 unspecified atom stereocenters. The van der Waals surface area contributed by atoms with Crippen molar-refractivity contribution in [2.75, 3.05) is 27.1 Å². The molecule has 4 N–H and O–H groups in total. The van der Waals surface area contributed by atoms with Gasteiger partial charge in [0.15, 0.2) is 0 Å². The van der Waals surface area contributed by atoms with Gasteiger partial charge < -0.3 is 5.73 Å². The molecule has 42 heavy (non-hydrogen) atoms. The second kappa shape index (κ2) is 11.5. The number of nitrogens with zero attached hydrogens (tertiary/aromatic N) is 2. The lowest BCUT2D eigenvalue weighted by Crippen LogP contribution is -2.47. The van der Waals surface area contributed by atoms with Crippen LogP contribution in [-0.2, 0) is 0 Å². The van der Waals surface area contributed by atoms with Gasteiger partial charge in [-0.1, -0.05) is 31.7 Å². The molecule has 0 radical (unpaired) electrons. The van der Waals surface area contributed by atoms with Gasteiger partial charge in [-0.05, 0) is 56.6 Å². The van der Waals surface area contributed by atoms with E-state index in [9.17, 15) is 19.2 Å². The van der Waals surface area contributed by atoms with Crippen LogP contribution in [0.4, 0.5) is 0 Å². The zero-order valence-electron chi connectivity index (χ0n) is 22.7. The summed E-state index contributed by atoms with van der Waals surface area (Å²) in [5.74, 6) is -1.39. The highest BCUT2D eigenvalue weighted by Gasteiger charge is 2.35. The van der Waals surface area contributed by atoms with Crippen LogP contribution in [0.2, 0.25) is 0 Å². The summed E-state index contributed by atoms with van der Waals surface area (Å²) < 4.78 is 0. The van der Waals surface area contributed by atoms with Crippen LogP contribution >= 0.6 is 0 Å². The molecule has 9 nitrogen and oxygen atoms in total. The van der Waals surface area contributed by atoms with Gasteiger partial charge in [-0.2, -0.15) is 0 Å². The molecule has 2 aliphatic rings. The van der Waals surface area contributed by atoms with Gasteiger partial charge in [0.1, 0.15) is 0 Å². The lowest BCUT2D eigenvalue weighted by Gasteiger charge is -2.29. The van der Waals surface area contributed by atoms with E-state index in [0.717, 1.165) is 37.2 Å². The van der Waals surface area contributed by atoms with E-state index < -0.39 is 0 Å². The third-order valence-corrected chi connectivity index (χ3v) is 7.59. The lowest BCUT2D eigenvalue weighted by atomic mass is 9.82. The Labute approximate surface area is 243 Å². The van der Waals surface area contributed by atoms with Gasteiger partial charge >= 0.3 is 0 Å². The number of hydrogen-bond acceptors (Lipinski definition) is 7. The SMILES string of the molecule is C.C=C.C=C.CN1C(=O)c2ccc3c4ccc5c6c(ccc(c7ccc(c2c37)C1=O)c64)C(=O)N(CNCNCN)C5=O. The number of rotatable bonds is 5. The van der Waals surface area contributed by atoms with Gasteiger partial charge in [0.2, 0.25) is 0 Å². The molecule has 5 aromatic carbocycles. The molecule has 0 atom stereocenters. The third kappa shape index (κ3) is 3.98. The smallest absolute Gasteiger partial charge is 0.262 e. The van der Waals surface area contributed by atoms with E-state index in [0.29, 0.717) is 39.7 Å². The number of carbonyl (C=O) groups is 4. The van der Waals surface area contributed by atoms with Crippen molar-refractivity contribution < 1.29 is 19.2 Å². The zero-order chi connectivity index (χ0) is 29.6. The number of carbonyl (C=O) groups excluding carboxylic acids is 4. The van der Waals surface area contributed by atoms with Crippen LogP contribution in [-0.4, -0.2) is 60.5 Å². The molecular formula is C33H33N5O4. The molecule has 214 valence electrons. The molecule has 0 aliphatic carbocycles.